The van der Waals surface area contributed by atoms with E-state index in [0.717, 1.165) is 33.4 Å². The van der Waals surface area contributed by atoms with Crippen LogP contribution in [0.25, 0.3) is 36.5 Å². The van der Waals surface area contributed by atoms with Crippen LogP contribution in [0.1, 0.15) is 84.6 Å². The van der Waals surface area contributed by atoms with Gasteiger partial charge in [-0.05, 0) is 153 Å². The van der Waals surface area contributed by atoms with Gasteiger partial charge < -0.3 is 64.9 Å². The number of rotatable bonds is 16. The number of carbonyl (C=O) groups is 2. The van der Waals surface area contributed by atoms with Gasteiger partial charge in [-0.15, -0.1) is 0 Å². The van der Waals surface area contributed by atoms with Crippen molar-refractivity contribution in [1.82, 2.24) is 0 Å². The number of phenols is 9. The van der Waals surface area contributed by atoms with E-state index in [1.54, 1.807) is 110 Å². The number of allylic oxidation sites excluding steroid dienone is 4. The molecule has 0 unspecified atom stereocenters. The Kier molecular flexibility index (Phi) is 23.8. The van der Waals surface area contributed by atoms with E-state index in [1.807, 2.05) is 70.2 Å². The zero-order valence-electron chi connectivity index (χ0n) is 47.7. The highest BCUT2D eigenvalue weighted by atomic mass is 16.5. The van der Waals surface area contributed by atoms with Gasteiger partial charge in [-0.25, -0.2) is 0 Å². The number of carbonyl (C=O) groups excluding carboxylic acids is 2. The Labute approximate surface area is 488 Å². The summed E-state index contributed by atoms with van der Waals surface area (Å²) in [5.74, 6) is 1.01. The molecule has 0 amide bonds. The molecule has 8 aromatic carbocycles. The molecule has 0 aliphatic rings. The lowest BCUT2D eigenvalue weighted by Gasteiger charge is -2.12. The van der Waals surface area contributed by atoms with Crippen LogP contribution in [0.5, 0.6) is 74.7 Å². The van der Waals surface area contributed by atoms with Crippen LogP contribution in [0.3, 0.4) is 0 Å². The Bertz CT molecular complexity index is 3660. The molecule has 8 aromatic rings. The van der Waals surface area contributed by atoms with Crippen molar-refractivity contribution in [3.8, 4) is 74.7 Å². The number of methoxy groups -OCH3 is 4. The summed E-state index contributed by atoms with van der Waals surface area (Å²) in [7, 11) is 5.92. The van der Waals surface area contributed by atoms with Crippen molar-refractivity contribution in [2.24, 2.45) is 0 Å². The minimum Gasteiger partial charge on any atom is -0.508 e. The first kappa shape index (κ1) is 64.0. The largest absolute Gasteiger partial charge is 0.508 e. The van der Waals surface area contributed by atoms with Gasteiger partial charge in [0.25, 0.3) is 0 Å². The summed E-state index contributed by atoms with van der Waals surface area (Å²) in [6.45, 7) is 7.95. The molecule has 0 radical (unpaired) electrons. The fourth-order valence-electron chi connectivity index (χ4n) is 7.81. The third-order valence-corrected chi connectivity index (χ3v) is 12.2. The van der Waals surface area contributed by atoms with Gasteiger partial charge in [-0.3, -0.25) is 9.59 Å². The minimum absolute atomic E-state index is 0.00257. The topological polar surface area (TPSA) is 253 Å². The van der Waals surface area contributed by atoms with Gasteiger partial charge in [-0.1, -0.05) is 108 Å². The van der Waals surface area contributed by atoms with Crippen molar-refractivity contribution >= 4 is 48.0 Å². The van der Waals surface area contributed by atoms with Gasteiger partial charge in [0.1, 0.15) is 34.5 Å². The molecule has 8 rings (SSSR count). The molecule has 0 fully saturated rings. The van der Waals surface area contributed by atoms with Crippen molar-refractivity contribution in [3.63, 3.8) is 0 Å². The average Bonchev–Trinajstić information content (AvgIpc) is 3.67. The molecule has 0 spiro atoms. The smallest absolute Gasteiger partial charge is 0.201 e. The van der Waals surface area contributed by atoms with E-state index < -0.39 is 0 Å². The first-order valence-corrected chi connectivity index (χ1v) is 26.0. The molecule has 15 heteroatoms. The highest BCUT2D eigenvalue weighted by molar-refractivity contribution is 6.07. The Morgan fingerprint density at radius 2 is 0.810 bits per heavy atom. The normalized spacial score (nSPS) is 10.8. The maximum Gasteiger partial charge on any atom is 0.201 e. The summed E-state index contributed by atoms with van der Waals surface area (Å²) in [6.07, 6.45) is 15.8. The van der Waals surface area contributed by atoms with E-state index in [9.17, 15) is 55.5 Å². The van der Waals surface area contributed by atoms with E-state index in [-0.39, 0.29) is 69.1 Å². The second-order valence-electron chi connectivity index (χ2n) is 18.9. The summed E-state index contributed by atoms with van der Waals surface area (Å²) in [4.78, 5) is 24.4. The zero-order chi connectivity index (χ0) is 61.5. The lowest BCUT2D eigenvalue weighted by atomic mass is 10.0. The maximum absolute atomic E-state index is 12.3. The number of benzene rings is 8. The van der Waals surface area contributed by atoms with Crippen molar-refractivity contribution in [3.05, 3.63) is 231 Å². The van der Waals surface area contributed by atoms with E-state index in [1.165, 1.54) is 75.9 Å². The van der Waals surface area contributed by atoms with Gasteiger partial charge >= 0.3 is 0 Å². The lowest BCUT2D eigenvalue weighted by molar-refractivity contribution is 0.103. The Morgan fingerprint density at radius 1 is 0.393 bits per heavy atom. The molecule has 0 atom stereocenters. The summed E-state index contributed by atoms with van der Waals surface area (Å²) in [5, 5.41) is 85.8. The van der Waals surface area contributed by atoms with Crippen LogP contribution in [0, 0.1) is 13.8 Å². The van der Waals surface area contributed by atoms with E-state index in [4.69, 9.17) is 18.9 Å². The number of aromatic hydroxyl groups is 9. The summed E-state index contributed by atoms with van der Waals surface area (Å²) < 4.78 is 20.5. The summed E-state index contributed by atoms with van der Waals surface area (Å²) in [6, 6.07) is 39.6. The second kappa shape index (κ2) is 31.3. The fraction of sp³-hybridized carbons (Fsp3) is 0.130. The zero-order valence-corrected chi connectivity index (χ0v) is 47.7. The summed E-state index contributed by atoms with van der Waals surface area (Å²) in [5.41, 5.74) is 9.52. The van der Waals surface area contributed by atoms with Gasteiger partial charge in [0.05, 0.1) is 28.4 Å². The monoisotopic (exact) mass is 1140 g/mol. The number of aryl methyl sites for hydroxylation is 2. The standard InChI is InChI=1S/C22H24O3.C17H16O4.2C15H14O4/c1-15(2)5-12-19-21(24)14-11-18(22(19)25-4)10-13-20(23)17-8-6-16(3)7-9-17;1-11-3-5-12(6-4-11)14(18)9-7-13-8-10-15(19)16(20)17(13)21-2;1-19-15-5-4-10(8-14(15)18)2-3-11-6-12(16)9-13(17)7-11;1-19-15-8-10(4-5-14(15)18)2-3-11-6-12(16)9-13(17)7-11/h5-11,13-14,24H,12H2,1-4H3;3-10,19-20H,1-2H3;2*2-9,16-18H,1H3/b13-10+;9-7+;2*3-2+. The number of hydrogen-bond acceptors (Lipinski definition) is 15. The molecule has 0 heterocycles. The number of hydrogen-bond donors (Lipinski definition) is 9. The molecule has 0 aromatic heterocycles. The fourth-order valence-corrected chi connectivity index (χ4v) is 7.81. The van der Waals surface area contributed by atoms with Crippen molar-refractivity contribution in [1.29, 1.82) is 0 Å². The quantitative estimate of drug-likeness (QED) is 0.0143. The van der Waals surface area contributed by atoms with Crippen LogP contribution in [0.2, 0.25) is 0 Å². The lowest BCUT2D eigenvalue weighted by Crippen LogP contribution is -1.97. The predicted octanol–water partition coefficient (Wildman–Crippen LogP) is 14.4. The van der Waals surface area contributed by atoms with E-state index in [2.05, 4.69) is 0 Å². The molecule has 9 N–H and O–H groups in total. The summed E-state index contributed by atoms with van der Waals surface area (Å²) >= 11 is 0. The molecule has 0 saturated heterocycles. The second-order valence-corrected chi connectivity index (χ2v) is 18.9. The molecule has 15 nitrogen and oxygen atoms in total. The molecule has 0 aliphatic carbocycles. The van der Waals surface area contributed by atoms with Crippen LogP contribution in [-0.4, -0.2) is 86.0 Å². The van der Waals surface area contributed by atoms with Gasteiger partial charge in [0, 0.05) is 39.9 Å². The van der Waals surface area contributed by atoms with Crippen molar-refractivity contribution in [2.75, 3.05) is 28.4 Å². The minimum atomic E-state index is -0.345. The molecule has 0 aliphatic heterocycles. The van der Waals surface area contributed by atoms with Crippen LogP contribution < -0.4 is 18.9 Å². The van der Waals surface area contributed by atoms with Crippen LogP contribution in [0.4, 0.5) is 0 Å². The number of phenolic OH excluding ortho intramolecular Hbond substituents is 9. The predicted molar refractivity (Wildman–Crippen MR) is 330 cm³/mol. The highest BCUT2D eigenvalue weighted by Crippen LogP contribution is 2.39. The van der Waals surface area contributed by atoms with Gasteiger partial charge in [0.2, 0.25) is 5.75 Å². The molecule has 84 heavy (non-hydrogen) atoms. The van der Waals surface area contributed by atoms with Crippen LogP contribution >= 0.6 is 0 Å². The third-order valence-electron chi connectivity index (χ3n) is 12.2. The maximum atomic E-state index is 12.3. The van der Waals surface area contributed by atoms with Crippen LogP contribution in [0.15, 0.2) is 169 Å². The SMILES string of the molecule is COc1c(/C=C/C(=O)c2ccc(C)cc2)ccc(O)c1CC=C(C)C.COc1c(/C=C/C(=O)c2ccc(C)cc2)ccc(O)c1O.COc1cc(/C=C/c2cc(O)cc(O)c2)ccc1O.COc1ccc(/C=C/c2cc(O)cc(O)c2)cc1O. The molecule has 0 bridgehead atoms. The highest BCUT2D eigenvalue weighted by Gasteiger charge is 2.14. The van der Waals surface area contributed by atoms with Crippen molar-refractivity contribution in [2.45, 2.75) is 34.1 Å². The molecule has 434 valence electrons. The molecular formula is C69H68O15. The van der Waals surface area contributed by atoms with Crippen molar-refractivity contribution < 1.29 is 74.5 Å². The Hall–Kier alpha value is -10.8. The van der Waals surface area contributed by atoms with Gasteiger partial charge in [0.15, 0.2) is 46.1 Å². The van der Waals surface area contributed by atoms with E-state index in [0.29, 0.717) is 57.1 Å². The first-order valence-electron chi connectivity index (χ1n) is 26.0. The van der Waals surface area contributed by atoms with Crippen LogP contribution in [-0.2, 0) is 6.42 Å². The van der Waals surface area contributed by atoms with E-state index >= 15 is 0 Å². The molecule has 0 saturated carbocycles. The Morgan fingerprint density at radius 3 is 1.25 bits per heavy atom. The number of ketones is 2. The average molecular weight is 1140 g/mol. The first-order chi connectivity index (χ1) is 40.1. The Balaban J connectivity index is 0.000000206. The molecular weight excluding hydrogens is 1070 g/mol. The third kappa shape index (κ3) is 19.5. The van der Waals surface area contributed by atoms with Gasteiger partial charge in [-0.2, -0.15) is 0 Å². The number of ether oxygens (including phenoxy) is 4.